The van der Waals surface area contributed by atoms with Crippen molar-refractivity contribution in [3.8, 4) is 11.5 Å². The molecule has 0 aliphatic carbocycles. The number of ether oxygens (including phenoxy) is 2. The van der Waals surface area contributed by atoms with Crippen molar-refractivity contribution in [2.75, 3.05) is 13.7 Å². The molecule has 30 heavy (non-hydrogen) atoms. The highest BCUT2D eigenvalue weighted by molar-refractivity contribution is 5.78. The third-order valence-electron chi connectivity index (χ3n) is 5.35. The smallest absolute Gasteiger partial charge is 0.161 e. The van der Waals surface area contributed by atoms with Crippen molar-refractivity contribution >= 4 is 17.1 Å². The Morgan fingerprint density at radius 3 is 2.57 bits per heavy atom. The number of aryl methyl sites for hydroxylation is 3. The van der Waals surface area contributed by atoms with Gasteiger partial charge in [-0.25, -0.2) is 4.98 Å². The van der Waals surface area contributed by atoms with Gasteiger partial charge in [0.2, 0.25) is 0 Å². The Kier molecular flexibility index (Phi) is 7.16. The van der Waals surface area contributed by atoms with Crippen LogP contribution in [0.4, 0.5) is 0 Å². The minimum Gasteiger partial charge on any atom is -0.493 e. The highest BCUT2D eigenvalue weighted by Crippen LogP contribution is 2.29. The first-order valence-electron chi connectivity index (χ1n) is 10.5. The highest BCUT2D eigenvalue weighted by atomic mass is 16.5. The second kappa shape index (κ2) is 9.81. The fourth-order valence-electron chi connectivity index (χ4n) is 3.61. The molecule has 0 aliphatic heterocycles. The molecule has 0 spiro atoms. The lowest BCUT2D eigenvalue weighted by molar-refractivity contribution is 0.184. The minimum absolute atomic E-state index is 0.603. The van der Waals surface area contributed by atoms with Gasteiger partial charge in [0.25, 0.3) is 0 Å². The summed E-state index contributed by atoms with van der Waals surface area (Å²) in [6.07, 6.45) is 5.25. The monoisotopic (exact) mass is 408 g/mol. The number of fused-ring (bicyclic) bond motifs is 1. The van der Waals surface area contributed by atoms with Crippen LogP contribution in [0.5, 0.6) is 11.5 Å². The van der Waals surface area contributed by atoms with Crippen LogP contribution in [0.2, 0.25) is 0 Å². The first-order chi connectivity index (χ1) is 14.4. The average molecular weight is 409 g/mol. The molecule has 2 aromatic carbocycles. The SMILES string of the molecule is C/C=C/c1ccc(OCCCCn2c(C(C)O)nc3cc(C)c(C)cc32)c(OC)c1. The predicted molar refractivity (Wildman–Crippen MR) is 122 cm³/mol. The summed E-state index contributed by atoms with van der Waals surface area (Å²) in [7, 11) is 1.66. The van der Waals surface area contributed by atoms with Crippen molar-refractivity contribution in [3.63, 3.8) is 0 Å². The molecule has 1 unspecified atom stereocenters. The van der Waals surface area contributed by atoms with Crippen molar-refractivity contribution in [2.45, 2.75) is 53.2 Å². The number of allylic oxidation sites excluding steroid dienone is 1. The number of rotatable bonds is 9. The Morgan fingerprint density at radius 1 is 1.10 bits per heavy atom. The molecule has 0 saturated carbocycles. The lowest BCUT2D eigenvalue weighted by Crippen LogP contribution is -2.08. The Balaban J connectivity index is 1.64. The van der Waals surface area contributed by atoms with Gasteiger partial charge in [0, 0.05) is 6.54 Å². The van der Waals surface area contributed by atoms with Crippen LogP contribution in [0.3, 0.4) is 0 Å². The fourth-order valence-corrected chi connectivity index (χ4v) is 3.61. The molecular weight excluding hydrogens is 376 g/mol. The zero-order valence-corrected chi connectivity index (χ0v) is 18.6. The number of aromatic nitrogens is 2. The second-order valence-corrected chi connectivity index (χ2v) is 7.69. The van der Waals surface area contributed by atoms with Gasteiger partial charge in [-0.05, 0) is 81.5 Å². The lowest BCUT2D eigenvalue weighted by atomic mass is 10.1. The standard InChI is InChI=1S/C25H32N2O3/c1-6-9-20-10-11-23(24(16-20)29-5)30-13-8-7-12-27-22-15-18(3)17(2)14-21(22)26-25(27)19(4)28/h6,9-11,14-16,19,28H,7-8,12-13H2,1-5H3/b9-6+. The summed E-state index contributed by atoms with van der Waals surface area (Å²) in [6, 6.07) is 10.2. The number of unbranched alkanes of at least 4 members (excludes halogenated alkanes) is 1. The second-order valence-electron chi connectivity index (χ2n) is 7.69. The third-order valence-corrected chi connectivity index (χ3v) is 5.35. The van der Waals surface area contributed by atoms with Gasteiger partial charge in [0.1, 0.15) is 11.9 Å². The maximum absolute atomic E-state index is 10.2. The third kappa shape index (κ3) is 4.85. The molecule has 1 atom stereocenters. The van der Waals surface area contributed by atoms with Crippen molar-refractivity contribution < 1.29 is 14.6 Å². The van der Waals surface area contributed by atoms with Crippen LogP contribution in [0.25, 0.3) is 17.1 Å². The van der Waals surface area contributed by atoms with E-state index < -0.39 is 6.10 Å². The number of benzene rings is 2. The van der Waals surface area contributed by atoms with Crippen LogP contribution >= 0.6 is 0 Å². The number of nitrogens with zero attached hydrogens (tertiary/aromatic N) is 2. The van der Waals surface area contributed by atoms with Crippen molar-refractivity contribution in [1.82, 2.24) is 9.55 Å². The van der Waals surface area contributed by atoms with E-state index in [-0.39, 0.29) is 0 Å². The summed E-state index contributed by atoms with van der Waals surface area (Å²) in [5, 5.41) is 10.2. The largest absolute Gasteiger partial charge is 0.493 e. The van der Waals surface area contributed by atoms with E-state index in [9.17, 15) is 5.11 Å². The van der Waals surface area contributed by atoms with E-state index >= 15 is 0 Å². The summed E-state index contributed by atoms with van der Waals surface area (Å²) in [4.78, 5) is 4.67. The molecule has 1 aromatic heterocycles. The molecule has 0 fully saturated rings. The molecule has 5 heteroatoms. The fraction of sp³-hybridized carbons (Fsp3) is 0.400. The predicted octanol–water partition coefficient (Wildman–Crippen LogP) is 5.61. The Labute approximate surface area is 179 Å². The molecule has 0 aliphatic rings. The van der Waals surface area contributed by atoms with Crippen LogP contribution in [0.1, 0.15) is 55.3 Å². The van der Waals surface area contributed by atoms with Gasteiger partial charge in [-0.1, -0.05) is 18.2 Å². The number of imidazole rings is 1. The van der Waals surface area contributed by atoms with Gasteiger partial charge in [-0.3, -0.25) is 0 Å². The van der Waals surface area contributed by atoms with E-state index in [4.69, 9.17) is 9.47 Å². The van der Waals surface area contributed by atoms with E-state index in [1.807, 2.05) is 37.3 Å². The van der Waals surface area contributed by atoms with Crippen LogP contribution in [0, 0.1) is 13.8 Å². The van der Waals surface area contributed by atoms with E-state index in [1.165, 1.54) is 11.1 Å². The first kappa shape index (κ1) is 21.9. The van der Waals surface area contributed by atoms with Crippen molar-refractivity contribution in [1.29, 1.82) is 0 Å². The van der Waals surface area contributed by atoms with E-state index in [2.05, 4.69) is 35.5 Å². The molecule has 0 radical (unpaired) electrons. The normalized spacial score (nSPS) is 12.6. The van der Waals surface area contributed by atoms with E-state index in [0.29, 0.717) is 6.61 Å². The molecule has 1 heterocycles. The molecular formula is C25H32N2O3. The number of aliphatic hydroxyl groups excluding tert-OH is 1. The minimum atomic E-state index is -0.603. The molecule has 0 saturated heterocycles. The van der Waals surface area contributed by atoms with Crippen LogP contribution in [-0.2, 0) is 6.54 Å². The van der Waals surface area contributed by atoms with Crippen LogP contribution < -0.4 is 9.47 Å². The topological polar surface area (TPSA) is 56.5 Å². The quantitative estimate of drug-likeness (QED) is 0.468. The summed E-state index contributed by atoms with van der Waals surface area (Å²) < 4.78 is 13.6. The Bertz CT molecular complexity index is 1030. The summed E-state index contributed by atoms with van der Waals surface area (Å²) >= 11 is 0. The van der Waals surface area contributed by atoms with Gasteiger partial charge in [-0.15, -0.1) is 0 Å². The van der Waals surface area contributed by atoms with E-state index in [1.54, 1.807) is 14.0 Å². The first-order valence-corrected chi connectivity index (χ1v) is 10.5. The van der Waals surface area contributed by atoms with Crippen LogP contribution in [-0.4, -0.2) is 28.4 Å². The number of hydrogen-bond acceptors (Lipinski definition) is 4. The summed E-state index contributed by atoms with van der Waals surface area (Å²) in [6.45, 7) is 9.35. The Morgan fingerprint density at radius 2 is 1.87 bits per heavy atom. The van der Waals surface area contributed by atoms with Gasteiger partial charge < -0.3 is 19.1 Å². The maximum atomic E-state index is 10.2. The molecule has 3 rings (SSSR count). The van der Waals surface area contributed by atoms with Gasteiger partial charge in [0.15, 0.2) is 11.5 Å². The Hall–Kier alpha value is -2.79. The van der Waals surface area contributed by atoms with Crippen molar-refractivity contribution in [2.24, 2.45) is 0 Å². The molecule has 0 amide bonds. The molecule has 0 bridgehead atoms. The average Bonchev–Trinajstić information content (AvgIpc) is 3.06. The molecule has 1 N–H and O–H groups in total. The van der Waals surface area contributed by atoms with Gasteiger partial charge >= 0.3 is 0 Å². The van der Waals surface area contributed by atoms with Gasteiger partial charge in [0.05, 0.1) is 24.8 Å². The highest BCUT2D eigenvalue weighted by Gasteiger charge is 2.15. The van der Waals surface area contributed by atoms with Gasteiger partial charge in [-0.2, -0.15) is 0 Å². The summed E-state index contributed by atoms with van der Waals surface area (Å²) in [5.41, 5.74) is 5.56. The van der Waals surface area contributed by atoms with Crippen LogP contribution in [0.15, 0.2) is 36.4 Å². The number of hydrogen-bond donors (Lipinski definition) is 1. The zero-order valence-electron chi connectivity index (χ0n) is 18.6. The number of methoxy groups -OCH3 is 1. The van der Waals surface area contributed by atoms with E-state index in [0.717, 1.165) is 53.3 Å². The molecule has 160 valence electrons. The molecule has 3 aromatic rings. The maximum Gasteiger partial charge on any atom is 0.161 e. The number of aliphatic hydroxyl groups is 1. The lowest BCUT2D eigenvalue weighted by Gasteiger charge is -2.13. The summed E-state index contributed by atoms with van der Waals surface area (Å²) in [5.74, 6) is 2.22. The zero-order chi connectivity index (χ0) is 21.7. The molecule has 5 nitrogen and oxygen atoms in total. The van der Waals surface area contributed by atoms with Crippen molar-refractivity contribution in [3.05, 3.63) is 58.9 Å².